The maximum absolute atomic E-state index is 12.4. The zero-order valence-electron chi connectivity index (χ0n) is 16.4. The Morgan fingerprint density at radius 2 is 2.13 bits per heavy atom. The van der Waals surface area contributed by atoms with Gasteiger partial charge in [0, 0.05) is 30.4 Å². The van der Waals surface area contributed by atoms with Gasteiger partial charge in [0.25, 0.3) is 5.91 Å². The molecule has 30 heavy (non-hydrogen) atoms. The largest absolute Gasteiger partial charge is 0.481 e. The van der Waals surface area contributed by atoms with Crippen molar-refractivity contribution in [1.29, 1.82) is 0 Å². The number of anilines is 1. The van der Waals surface area contributed by atoms with Crippen molar-refractivity contribution in [2.45, 2.75) is 18.4 Å². The quantitative estimate of drug-likeness (QED) is 0.411. The highest BCUT2D eigenvalue weighted by atomic mass is 16.4. The van der Waals surface area contributed by atoms with Gasteiger partial charge in [-0.2, -0.15) is 0 Å². The van der Waals surface area contributed by atoms with Crippen molar-refractivity contribution >= 4 is 35.6 Å². The van der Waals surface area contributed by atoms with Gasteiger partial charge in [0.2, 0.25) is 5.91 Å². The van der Waals surface area contributed by atoms with E-state index < -0.39 is 23.3 Å². The number of aliphatic imine (C=N–C) groups is 2. The lowest BCUT2D eigenvalue weighted by molar-refractivity contribution is -0.137. The van der Waals surface area contributed by atoms with Crippen molar-refractivity contribution in [3.63, 3.8) is 0 Å². The molecule has 0 saturated carbocycles. The van der Waals surface area contributed by atoms with Crippen LogP contribution in [-0.4, -0.2) is 66.8 Å². The van der Waals surface area contributed by atoms with E-state index in [2.05, 4.69) is 31.3 Å². The minimum absolute atomic E-state index is 0.105. The van der Waals surface area contributed by atoms with Crippen molar-refractivity contribution in [2.24, 2.45) is 9.98 Å². The summed E-state index contributed by atoms with van der Waals surface area (Å²) in [5.41, 5.74) is 0.237. The van der Waals surface area contributed by atoms with E-state index in [1.807, 2.05) is 6.07 Å². The molecule has 0 bridgehead atoms. The van der Waals surface area contributed by atoms with Gasteiger partial charge < -0.3 is 26.4 Å². The number of hydrogen-bond acceptors (Lipinski definition) is 7. The van der Waals surface area contributed by atoms with Crippen LogP contribution in [0.15, 0.2) is 46.4 Å². The first kappa shape index (κ1) is 21.0. The molecule has 0 spiro atoms. The van der Waals surface area contributed by atoms with Gasteiger partial charge in [0.1, 0.15) is 0 Å². The molecule has 0 fully saturated rings. The highest BCUT2D eigenvalue weighted by molar-refractivity contribution is 5.99. The molecule has 1 aromatic carbocycles. The van der Waals surface area contributed by atoms with E-state index in [-0.39, 0.29) is 25.9 Å². The maximum atomic E-state index is 12.4. The van der Waals surface area contributed by atoms with Gasteiger partial charge in [-0.1, -0.05) is 12.1 Å². The van der Waals surface area contributed by atoms with Crippen LogP contribution in [0.1, 0.15) is 23.2 Å². The van der Waals surface area contributed by atoms with Crippen LogP contribution in [0.25, 0.3) is 0 Å². The van der Waals surface area contributed by atoms with E-state index in [1.165, 1.54) is 0 Å². The van der Waals surface area contributed by atoms with E-state index in [0.717, 1.165) is 6.54 Å². The summed E-state index contributed by atoms with van der Waals surface area (Å²) in [7, 11) is 0. The van der Waals surface area contributed by atoms with Gasteiger partial charge in [-0.3, -0.25) is 24.4 Å². The summed E-state index contributed by atoms with van der Waals surface area (Å²) in [4.78, 5) is 44.1. The first-order valence-electron chi connectivity index (χ1n) is 9.60. The van der Waals surface area contributed by atoms with Crippen molar-refractivity contribution in [3.05, 3.63) is 42.0 Å². The second-order valence-corrected chi connectivity index (χ2v) is 6.99. The maximum Gasteiger partial charge on any atom is 0.303 e. The number of hydrogen-bond donors (Lipinski definition) is 5. The summed E-state index contributed by atoms with van der Waals surface area (Å²) >= 11 is 0. The zero-order valence-corrected chi connectivity index (χ0v) is 16.4. The van der Waals surface area contributed by atoms with Crippen molar-refractivity contribution in [1.82, 2.24) is 16.0 Å². The molecular formula is C20H24N6O4. The van der Waals surface area contributed by atoms with Crippen molar-refractivity contribution in [2.75, 3.05) is 31.5 Å². The minimum atomic E-state index is -0.952. The average Bonchev–Trinajstić information content (AvgIpc) is 3.24. The van der Waals surface area contributed by atoms with E-state index in [1.54, 1.807) is 36.6 Å². The Labute approximate surface area is 173 Å². The predicted octanol–water partition coefficient (Wildman–Crippen LogP) is 0.148. The number of allylic oxidation sites excluding steroid dienone is 1. The number of carbonyl (C=O) groups is 3. The summed E-state index contributed by atoms with van der Waals surface area (Å²) < 4.78 is 0. The number of nitrogens with zero attached hydrogens (tertiary/aromatic N) is 2. The lowest BCUT2D eigenvalue weighted by Crippen LogP contribution is -2.53. The predicted molar refractivity (Wildman–Crippen MR) is 113 cm³/mol. The number of aliphatic carboxylic acids is 1. The van der Waals surface area contributed by atoms with Crippen LogP contribution in [0.4, 0.5) is 5.69 Å². The summed E-state index contributed by atoms with van der Waals surface area (Å²) in [5.74, 6) is -1.12. The lowest BCUT2D eigenvalue weighted by atomic mass is 9.91. The molecule has 2 amide bonds. The highest BCUT2D eigenvalue weighted by Crippen LogP contribution is 2.18. The number of guanidine groups is 1. The number of rotatable bonds is 8. The summed E-state index contributed by atoms with van der Waals surface area (Å²) in [5, 5.41) is 20.5. The Balaban J connectivity index is 1.54. The number of carboxylic acid groups (broad SMARTS) is 1. The van der Waals surface area contributed by atoms with Gasteiger partial charge in [-0.05, 0) is 30.7 Å². The van der Waals surface area contributed by atoms with E-state index in [9.17, 15) is 14.4 Å². The van der Waals surface area contributed by atoms with Gasteiger partial charge in [0.15, 0.2) is 5.96 Å². The molecule has 10 nitrogen and oxygen atoms in total. The molecule has 1 aromatic rings. The zero-order chi connectivity index (χ0) is 21.4. The molecule has 0 aromatic heterocycles. The Morgan fingerprint density at radius 1 is 1.27 bits per heavy atom. The molecule has 2 heterocycles. The topological polar surface area (TPSA) is 144 Å². The number of benzene rings is 1. The molecular weight excluding hydrogens is 388 g/mol. The van der Waals surface area contributed by atoms with Gasteiger partial charge in [-0.15, -0.1) is 0 Å². The Kier molecular flexibility index (Phi) is 6.79. The molecule has 0 radical (unpaired) electrons. The summed E-state index contributed by atoms with van der Waals surface area (Å²) in [6, 6.07) is 6.87. The van der Waals surface area contributed by atoms with Crippen LogP contribution in [-0.2, 0) is 9.59 Å². The SMILES string of the molecule is O=C(O)CCC1(NC(=O)CNC(=O)c2cccc(NC3=NCCN3)c2)C=CC=NC1. The smallest absolute Gasteiger partial charge is 0.303 e. The van der Waals surface area contributed by atoms with Gasteiger partial charge in [0.05, 0.1) is 25.2 Å². The number of amides is 2. The second-order valence-electron chi connectivity index (χ2n) is 6.99. The molecule has 5 N–H and O–H groups in total. The molecule has 3 rings (SSSR count). The van der Waals surface area contributed by atoms with Crippen LogP contribution in [0.5, 0.6) is 0 Å². The highest BCUT2D eigenvalue weighted by Gasteiger charge is 2.30. The minimum Gasteiger partial charge on any atom is -0.481 e. The Morgan fingerprint density at radius 3 is 2.83 bits per heavy atom. The Bertz CT molecular complexity index is 910. The number of carboxylic acids is 1. The normalized spacial score (nSPS) is 19.5. The standard InChI is InChI=1S/C20H24N6O4/c27-16(26-20(7-5-17(28)29)6-2-8-21-13-20)12-24-18(30)14-3-1-4-15(11-14)25-19-22-9-10-23-19/h1-4,6,8,11H,5,7,9-10,12-13H2,(H,24,30)(H,26,27)(H,28,29)(H2,22,23,25). The molecule has 1 atom stereocenters. The fraction of sp³-hybridized carbons (Fsp3) is 0.350. The first-order chi connectivity index (χ1) is 14.5. The van der Waals surface area contributed by atoms with Crippen LogP contribution < -0.4 is 21.3 Å². The summed E-state index contributed by atoms with van der Waals surface area (Å²) in [6.45, 7) is 1.48. The molecule has 2 aliphatic rings. The third kappa shape index (κ3) is 5.90. The molecule has 2 aliphatic heterocycles. The van der Waals surface area contributed by atoms with Crippen LogP contribution >= 0.6 is 0 Å². The fourth-order valence-corrected chi connectivity index (χ4v) is 3.13. The molecule has 0 saturated heterocycles. The van der Waals surface area contributed by atoms with Crippen molar-refractivity contribution < 1.29 is 19.5 Å². The third-order valence-corrected chi connectivity index (χ3v) is 4.62. The number of carbonyl (C=O) groups excluding carboxylic acids is 2. The lowest BCUT2D eigenvalue weighted by Gasteiger charge is -2.31. The van der Waals surface area contributed by atoms with Crippen LogP contribution in [0.2, 0.25) is 0 Å². The van der Waals surface area contributed by atoms with Gasteiger partial charge in [-0.25, -0.2) is 0 Å². The van der Waals surface area contributed by atoms with Crippen LogP contribution in [0, 0.1) is 0 Å². The van der Waals surface area contributed by atoms with E-state index in [4.69, 9.17) is 5.11 Å². The van der Waals surface area contributed by atoms with Crippen LogP contribution in [0.3, 0.4) is 0 Å². The first-order valence-corrected chi connectivity index (χ1v) is 9.60. The molecule has 158 valence electrons. The van der Waals surface area contributed by atoms with Gasteiger partial charge >= 0.3 is 5.97 Å². The van der Waals surface area contributed by atoms with E-state index >= 15 is 0 Å². The Hall–Kier alpha value is -3.69. The van der Waals surface area contributed by atoms with Crippen molar-refractivity contribution in [3.8, 4) is 0 Å². The molecule has 0 aliphatic carbocycles. The number of nitrogens with one attached hydrogen (secondary N) is 4. The summed E-state index contributed by atoms with van der Waals surface area (Å²) in [6.07, 6.45) is 5.11. The van der Waals surface area contributed by atoms with E-state index in [0.29, 0.717) is 23.8 Å². The number of dihydropyridines is 1. The average molecular weight is 412 g/mol. The third-order valence-electron chi connectivity index (χ3n) is 4.62. The second kappa shape index (κ2) is 9.68. The monoisotopic (exact) mass is 412 g/mol. The molecule has 10 heteroatoms. The molecule has 1 unspecified atom stereocenters. The fourth-order valence-electron chi connectivity index (χ4n) is 3.13.